The van der Waals surface area contributed by atoms with Crippen LogP contribution in [0.5, 0.6) is 0 Å². The minimum atomic E-state index is -0.931. The second kappa shape index (κ2) is 21.3. The van der Waals surface area contributed by atoms with Crippen molar-refractivity contribution in [3.8, 4) is 0 Å². The normalized spacial score (nSPS) is 14.8. The van der Waals surface area contributed by atoms with Crippen molar-refractivity contribution >= 4 is 17.1 Å². The first kappa shape index (κ1) is 22.3. The summed E-state index contributed by atoms with van der Waals surface area (Å²) in [5, 5.41) is 0. The van der Waals surface area contributed by atoms with Crippen LogP contribution in [0.25, 0.3) is 0 Å². The molecule has 20 heavy (non-hydrogen) atoms. The first-order valence-electron chi connectivity index (χ1n) is 6.83. The number of rotatable bonds is 7. The molecule has 1 saturated heterocycles. The zero-order valence-electron chi connectivity index (χ0n) is 13.4. The van der Waals surface area contributed by atoms with E-state index in [2.05, 4.69) is 24.0 Å². The Labute approximate surface area is 125 Å². The summed E-state index contributed by atoms with van der Waals surface area (Å²) in [6.45, 7) is 6.73. The molecule has 0 N–H and O–H groups in total. The van der Waals surface area contributed by atoms with Crippen LogP contribution in [0.4, 0.5) is 0 Å². The quantitative estimate of drug-likeness (QED) is 0.396. The summed E-state index contributed by atoms with van der Waals surface area (Å²) >= 11 is 0. The number of hydrogen-bond donors (Lipinski definition) is 0. The molecule has 1 aliphatic rings. The molecular formula is C11H29BO7Si. The van der Waals surface area contributed by atoms with E-state index in [0.29, 0.717) is 0 Å². The van der Waals surface area contributed by atoms with Gasteiger partial charge >= 0.3 is 7.32 Å². The Morgan fingerprint density at radius 1 is 1.00 bits per heavy atom. The van der Waals surface area contributed by atoms with E-state index in [1.807, 2.05) is 13.8 Å². The second-order valence-corrected chi connectivity index (χ2v) is 5.03. The van der Waals surface area contributed by atoms with Crippen molar-refractivity contribution in [1.29, 1.82) is 0 Å². The van der Waals surface area contributed by atoms with Crippen molar-refractivity contribution < 1.29 is 33.2 Å². The third kappa shape index (κ3) is 20.3. The molecule has 0 aromatic rings. The number of ether oxygens (including phenoxy) is 1. The van der Waals surface area contributed by atoms with Gasteiger partial charge in [-0.1, -0.05) is 6.42 Å². The predicted octanol–water partition coefficient (Wildman–Crippen LogP) is 1.12. The Morgan fingerprint density at radius 3 is 1.75 bits per heavy atom. The molecular weight excluding hydrogens is 283 g/mol. The molecule has 0 bridgehead atoms. The molecule has 0 aromatic carbocycles. The predicted molar refractivity (Wildman–Crippen MR) is 79.7 cm³/mol. The van der Waals surface area contributed by atoms with Gasteiger partial charge in [-0.2, -0.15) is 0 Å². The molecule has 1 aliphatic heterocycles. The average molecular weight is 312 g/mol. The highest BCUT2D eigenvalue weighted by Crippen LogP contribution is 2.01. The van der Waals surface area contributed by atoms with Gasteiger partial charge in [0.05, 0.1) is 14.2 Å². The van der Waals surface area contributed by atoms with Crippen LogP contribution in [0.1, 0.15) is 26.7 Å². The molecule has 0 aliphatic carbocycles. The van der Waals surface area contributed by atoms with E-state index in [-0.39, 0.29) is 9.76 Å². The summed E-state index contributed by atoms with van der Waals surface area (Å²) in [6, 6.07) is 1.42. The second-order valence-electron chi connectivity index (χ2n) is 3.50. The molecule has 0 unspecified atom stereocenters. The maximum absolute atomic E-state index is 5.21. The topological polar surface area (TPSA) is 64.6 Å². The summed E-state index contributed by atoms with van der Waals surface area (Å²) in [4.78, 5) is 17.2. The van der Waals surface area contributed by atoms with Gasteiger partial charge in [-0.25, -0.2) is 9.61 Å². The molecule has 0 aromatic heterocycles. The van der Waals surface area contributed by atoms with Crippen molar-refractivity contribution in [2.45, 2.75) is 32.7 Å². The van der Waals surface area contributed by atoms with Crippen LogP contribution >= 0.6 is 0 Å². The van der Waals surface area contributed by atoms with Gasteiger partial charge in [0, 0.05) is 26.9 Å². The summed E-state index contributed by atoms with van der Waals surface area (Å²) in [7, 11) is 3.15. The van der Waals surface area contributed by atoms with Crippen LogP contribution in [-0.2, 0) is 33.2 Å². The molecule has 7 nitrogen and oxygen atoms in total. The highest BCUT2D eigenvalue weighted by atomic mass is 28.2. The molecule has 1 heterocycles. The van der Waals surface area contributed by atoms with Crippen molar-refractivity contribution in [2.24, 2.45) is 0 Å². The van der Waals surface area contributed by atoms with Crippen LogP contribution in [0.15, 0.2) is 0 Å². The average Bonchev–Trinajstić information content (AvgIpc) is 2.51. The van der Waals surface area contributed by atoms with E-state index in [0.717, 1.165) is 19.8 Å². The van der Waals surface area contributed by atoms with E-state index in [4.69, 9.17) is 9.16 Å². The molecule has 122 valence electrons. The van der Waals surface area contributed by atoms with Crippen LogP contribution in [-0.4, -0.2) is 58.2 Å². The van der Waals surface area contributed by atoms with Crippen LogP contribution in [0.3, 0.4) is 0 Å². The Kier molecular flexibility index (Phi) is 23.7. The van der Waals surface area contributed by atoms with Gasteiger partial charge in [0.25, 0.3) is 0 Å². The van der Waals surface area contributed by atoms with E-state index in [1.165, 1.54) is 40.2 Å². The summed E-state index contributed by atoms with van der Waals surface area (Å²) in [5.41, 5.74) is 0. The van der Waals surface area contributed by atoms with Gasteiger partial charge in [-0.3, -0.25) is 9.78 Å². The molecule has 0 spiro atoms. The summed E-state index contributed by atoms with van der Waals surface area (Å²) in [5.74, 6) is 0. The first-order chi connectivity index (χ1) is 9.76. The monoisotopic (exact) mass is 312 g/mol. The SMILES string of the molecule is C1CC[SiH2]OC1.CCOCC.COOB(OC)OOC. The lowest BCUT2D eigenvalue weighted by atomic mass is 10.3. The fourth-order valence-corrected chi connectivity index (χ4v) is 2.31. The first-order valence-corrected chi connectivity index (χ1v) is 8.41. The Morgan fingerprint density at radius 2 is 1.60 bits per heavy atom. The van der Waals surface area contributed by atoms with Crippen molar-refractivity contribution in [2.75, 3.05) is 41.2 Å². The smallest absolute Gasteiger partial charge is 0.424 e. The zero-order valence-corrected chi connectivity index (χ0v) is 14.8. The third-order valence-electron chi connectivity index (χ3n) is 2.03. The van der Waals surface area contributed by atoms with E-state index >= 15 is 0 Å². The molecule has 0 saturated carbocycles. The van der Waals surface area contributed by atoms with Gasteiger partial charge in [-0.15, -0.1) is 0 Å². The molecule has 0 atom stereocenters. The van der Waals surface area contributed by atoms with Gasteiger partial charge in [0.15, 0.2) is 9.76 Å². The molecule has 0 radical (unpaired) electrons. The van der Waals surface area contributed by atoms with Gasteiger partial charge in [0.2, 0.25) is 0 Å². The van der Waals surface area contributed by atoms with E-state index < -0.39 is 7.32 Å². The maximum Gasteiger partial charge on any atom is 0.696 e. The standard InChI is InChI=1S/C4H10OSi.C4H10O.C3H9BO5/c1-2-4-6-5-3-1;1-3-5-4-2;1-5-4(8-6-2)9-7-3/h1-4,6H2;3-4H2,1-2H3;1-3H3. The Balaban J connectivity index is 0. The molecule has 1 rings (SSSR count). The maximum atomic E-state index is 5.21. The van der Waals surface area contributed by atoms with Gasteiger partial charge < -0.3 is 13.8 Å². The lowest BCUT2D eigenvalue weighted by Crippen LogP contribution is -2.24. The molecule has 1 fully saturated rings. The van der Waals surface area contributed by atoms with E-state index in [9.17, 15) is 0 Å². The fourth-order valence-electron chi connectivity index (χ4n) is 1.14. The minimum absolute atomic E-state index is 0.00849. The lowest BCUT2D eigenvalue weighted by Gasteiger charge is -2.07. The van der Waals surface area contributed by atoms with E-state index in [1.54, 1.807) is 0 Å². The van der Waals surface area contributed by atoms with Crippen LogP contribution in [0, 0.1) is 0 Å². The van der Waals surface area contributed by atoms with Crippen molar-refractivity contribution in [1.82, 2.24) is 0 Å². The van der Waals surface area contributed by atoms with Crippen LogP contribution < -0.4 is 0 Å². The highest BCUT2D eigenvalue weighted by molar-refractivity contribution is 6.35. The molecule has 9 heteroatoms. The summed E-state index contributed by atoms with van der Waals surface area (Å²) < 4.78 is 14.6. The Hall–Kier alpha value is 0.00182. The summed E-state index contributed by atoms with van der Waals surface area (Å²) in [6.07, 6.45) is 2.75. The lowest BCUT2D eigenvalue weighted by molar-refractivity contribution is -0.277. The zero-order chi connectivity index (χ0) is 15.5. The van der Waals surface area contributed by atoms with Crippen molar-refractivity contribution in [3.05, 3.63) is 0 Å². The number of hydrogen-bond acceptors (Lipinski definition) is 7. The van der Waals surface area contributed by atoms with Crippen LogP contribution in [0.2, 0.25) is 6.04 Å². The molecule has 0 amide bonds. The largest absolute Gasteiger partial charge is 0.696 e. The van der Waals surface area contributed by atoms with Gasteiger partial charge in [-0.05, 0) is 26.3 Å². The van der Waals surface area contributed by atoms with Crippen molar-refractivity contribution in [3.63, 3.8) is 0 Å². The third-order valence-corrected chi connectivity index (χ3v) is 3.39. The fraction of sp³-hybridized carbons (Fsp3) is 1.00. The Bertz CT molecular complexity index is 144. The highest BCUT2D eigenvalue weighted by Gasteiger charge is 2.21. The minimum Gasteiger partial charge on any atom is -0.424 e. The van der Waals surface area contributed by atoms with Gasteiger partial charge in [0.1, 0.15) is 0 Å².